The van der Waals surface area contributed by atoms with Crippen molar-refractivity contribution in [3.05, 3.63) is 68.5 Å². The predicted molar refractivity (Wildman–Crippen MR) is 142 cm³/mol. The Morgan fingerprint density at radius 1 is 1.19 bits per heavy atom. The molecular formula is C21H18ClN5O5S4. The topological polar surface area (TPSA) is 140 Å². The largest absolute Gasteiger partial charge is 0.308 e. The lowest BCUT2D eigenvalue weighted by atomic mass is 10.0. The Bertz CT molecular complexity index is 1770. The average Bonchev–Trinajstić information content (AvgIpc) is 3.41. The molecule has 0 spiro atoms. The lowest BCUT2D eigenvalue weighted by molar-refractivity contribution is 0.592. The van der Waals surface area contributed by atoms with Gasteiger partial charge in [-0.05, 0) is 30.7 Å². The molecule has 0 saturated heterocycles. The third-order valence-electron chi connectivity index (χ3n) is 4.98. The van der Waals surface area contributed by atoms with Crippen LogP contribution in [0.1, 0.15) is 24.1 Å². The fourth-order valence-electron chi connectivity index (χ4n) is 3.42. The normalized spacial score (nSPS) is 12.8. The van der Waals surface area contributed by atoms with Gasteiger partial charge in [-0.25, -0.2) is 26.5 Å². The molecule has 2 aromatic carbocycles. The minimum Gasteiger partial charge on any atom is -0.291 e. The summed E-state index contributed by atoms with van der Waals surface area (Å²) in [6.45, 7) is 1.76. The van der Waals surface area contributed by atoms with E-state index in [9.17, 15) is 21.6 Å². The second-order valence-corrected chi connectivity index (χ2v) is 13.2. The highest BCUT2D eigenvalue weighted by Crippen LogP contribution is 2.33. The van der Waals surface area contributed by atoms with E-state index < -0.39 is 26.1 Å². The zero-order valence-corrected chi connectivity index (χ0v) is 22.7. The van der Waals surface area contributed by atoms with Gasteiger partial charge < -0.3 is 0 Å². The van der Waals surface area contributed by atoms with Gasteiger partial charge in [0.2, 0.25) is 15.2 Å². The van der Waals surface area contributed by atoms with Gasteiger partial charge in [0, 0.05) is 17.1 Å². The van der Waals surface area contributed by atoms with E-state index in [1.807, 2.05) is 19.1 Å². The Morgan fingerprint density at radius 2 is 1.94 bits per heavy atom. The van der Waals surface area contributed by atoms with Crippen LogP contribution in [0.2, 0.25) is 5.02 Å². The average molecular weight is 584 g/mol. The van der Waals surface area contributed by atoms with Crippen LogP contribution in [-0.4, -0.2) is 43.6 Å². The van der Waals surface area contributed by atoms with E-state index in [0.717, 1.165) is 34.7 Å². The number of halogens is 1. The van der Waals surface area contributed by atoms with E-state index in [4.69, 9.17) is 11.6 Å². The molecule has 15 heteroatoms. The minimum atomic E-state index is -4.06. The van der Waals surface area contributed by atoms with Crippen LogP contribution >= 0.6 is 34.5 Å². The highest BCUT2D eigenvalue weighted by atomic mass is 35.5. The van der Waals surface area contributed by atoms with E-state index in [-0.39, 0.29) is 26.5 Å². The summed E-state index contributed by atoms with van der Waals surface area (Å²) >= 11 is 8.15. The Kier molecular flexibility index (Phi) is 7.51. The predicted octanol–water partition coefficient (Wildman–Crippen LogP) is 2.88. The van der Waals surface area contributed by atoms with Crippen LogP contribution in [0.15, 0.2) is 52.4 Å². The number of benzene rings is 2. The molecule has 0 saturated carbocycles. The molecule has 2 N–H and O–H groups in total. The van der Waals surface area contributed by atoms with Crippen molar-refractivity contribution in [2.45, 2.75) is 17.9 Å². The lowest BCUT2D eigenvalue weighted by Crippen LogP contribution is -2.22. The van der Waals surface area contributed by atoms with Gasteiger partial charge in [0.1, 0.15) is 11.2 Å². The van der Waals surface area contributed by atoms with E-state index in [2.05, 4.69) is 30.6 Å². The van der Waals surface area contributed by atoms with Crippen LogP contribution < -0.4 is 14.3 Å². The Balaban J connectivity index is 1.73. The van der Waals surface area contributed by atoms with Gasteiger partial charge >= 0.3 is 4.87 Å². The second-order valence-electron chi connectivity index (χ2n) is 7.50. The summed E-state index contributed by atoms with van der Waals surface area (Å²) in [6, 6.07) is 9.53. The van der Waals surface area contributed by atoms with Crippen molar-refractivity contribution in [1.29, 1.82) is 0 Å². The number of fused-ring (bicyclic) bond motifs is 1. The highest BCUT2D eigenvalue weighted by Gasteiger charge is 2.24. The van der Waals surface area contributed by atoms with Crippen molar-refractivity contribution in [3.8, 4) is 11.8 Å². The van der Waals surface area contributed by atoms with Gasteiger partial charge in [0.25, 0.3) is 10.0 Å². The van der Waals surface area contributed by atoms with Gasteiger partial charge in [-0.1, -0.05) is 53.0 Å². The van der Waals surface area contributed by atoms with Gasteiger partial charge in [0.05, 0.1) is 34.1 Å². The molecule has 0 unspecified atom stereocenters. The van der Waals surface area contributed by atoms with Crippen LogP contribution in [0.3, 0.4) is 0 Å². The summed E-state index contributed by atoms with van der Waals surface area (Å²) in [7, 11) is -7.42. The summed E-state index contributed by atoms with van der Waals surface area (Å²) in [5.41, 5.74) is 1.83. The van der Waals surface area contributed by atoms with E-state index in [1.54, 1.807) is 12.1 Å². The van der Waals surface area contributed by atoms with Crippen LogP contribution in [0, 0.1) is 11.8 Å². The number of rotatable bonds is 7. The number of hydrogen-bond acceptors (Lipinski definition) is 9. The number of nitrogens with one attached hydrogen (secondary N) is 2. The van der Waals surface area contributed by atoms with Crippen LogP contribution in [0.5, 0.6) is 0 Å². The molecule has 2 aromatic heterocycles. The highest BCUT2D eigenvalue weighted by molar-refractivity contribution is 7.93. The fourth-order valence-corrected chi connectivity index (χ4v) is 7.02. The summed E-state index contributed by atoms with van der Waals surface area (Å²) in [4.78, 5) is 16.3. The van der Waals surface area contributed by atoms with Crippen molar-refractivity contribution in [2.24, 2.45) is 0 Å². The molecular weight excluding hydrogens is 566 g/mol. The number of nitrogens with zero attached hydrogens (tertiary/aromatic N) is 3. The zero-order valence-electron chi connectivity index (χ0n) is 18.7. The van der Waals surface area contributed by atoms with Crippen LogP contribution in [0.25, 0.3) is 10.2 Å². The number of thiazole rings is 1. The molecule has 188 valence electrons. The fraction of sp³-hybridized carbons (Fsp3) is 0.190. The first-order valence-corrected chi connectivity index (χ1v) is 15.5. The molecule has 0 aliphatic rings. The van der Waals surface area contributed by atoms with Crippen molar-refractivity contribution in [3.63, 3.8) is 0 Å². The van der Waals surface area contributed by atoms with Crippen molar-refractivity contribution in [2.75, 3.05) is 17.5 Å². The quantitative estimate of drug-likeness (QED) is 0.319. The van der Waals surface area contributed by atoms with E-state index >= 15 is 0 Å². The van der Waals surface area contributed by atoms with E-state index in [0.29, 0.717) is 15.8 Å². The Hall–Kier alpha value is -2.80. The number of sulfonamides is 2. The molecule has 0 fully saturated rings. The first kappa shape index (κ1) is 26.3. The van der Waals surface area contributed by atoms with Crippen LogP contribution in [0.4, 0.5) is 5.13 Å². The Morgan fingerprint density at radius 3 is 2.64 bits per heavy atom. The third-order valence-corrected chi connectivity index (χ3v) is 9.08. The molecule has 36 heavy (non-hydrogen) atoms. The maximum absolute atomic E-state index is 13.0. The van der Waals surface area contributed by atoms with Crippen molar-refractivity contribution < 1.29 is 16.8 Å². The maximum Gasteiger partial charge on any atom is 0.308 e. The number of aromatic nitrogens is 3. The third kappa shape index (κ3) is 5.77. The van der Waals surface area contributed by atoms with Crippen molar-refractivity contribution in [1.82, 2.24) is 18.6 Å². The molecule has 0 radical (unpaired) electrons. The maximum atomic E-state index is 13.0. The zero-order chi connectivity index (χ0) is 26.1. The molecule has 0 amide bonds. The Labute approximate surface area is 220 Å². The first-order valence-electron chi connectivity index (χ1n) is 10.1. The molecule has 1 atom stereocenters. The molecule has 0 aliphatic carbocycles. The van der Waals surface area contributed by atoms with Crippen LogP contribution in [-0.2, 0) is 20.0 Å². The molecule has 0 bridgehead atoms. The van der Waals surface area contributed by atoms with Gasteiger partial charge in [0.15, 0.2) is 0 Å². The van der Waals surface area contributed by atoms with Gasteiger partial charge in [-0.3, -0.25) is 14.1 Å². The molecule has 2 heterocycles. The first-order chi connectivity index (χ1) is 17.0. The minimum absolute atomic E-state index is 0.0547. The molecule has 10 nitrogen and oxygen atoms in total. The SMILES string of the molecule is C[C@H](c1ccccc1C#CCNS(C)(=O)=O)n1c(=O)sc2cc(S(=O)(=O)Nc3ncns3)c(Cl)cc21. The summed E-state index contributed by atoms with van der Waals surface area (Å²) in [5, 5.41) is 0.0354. The summed E-state index contributed by atoms with van der Waals surface area (Å²) in [6.07, 6.45) is 2.28. The van der Waals surface area contributed by atoms with E-state index in [1.165, 1.54) is 23.0 Å². The molecule has 4 aromatic rings. The smallest absolute Gasteiger partial charge is 0.291 e. The lowest BCUT2D eigenvalue weighted by Gasteiger charge is -2.17. The number of hydrogen-bond donors (Lipinski definition) is 2. The molecule has 0 aliphatic heterocycles. The summed E-state index contributed by atoms with van der Waals surface area (Å²) in [5.74, 6) is 5.72. The monoisotopic (exact) mass is 583 g/mol. The standard InChI is InChI=1S/C21H18ClN5O5S4/c1-13(15-8-4-3-6-14(15)7-5-9-25-35(2,29)30)27-17-10-16(22)19(11-18(17)33-21(27)28)36(31,32)26-20-23-12-24-34-20/h3-4,6,8,10-13,25H,9H2,1-2H3,(H,23,24,26)/t13-/m1/s1. The number of anilines is 1. The molecule has 4 rings (SSSR count). The van der Waals surface area contributed by atoms with Gasteiger partial charge in [-0.15, -0.1) is 0 Å². The van der Waals surface area contributed by atoms with Gasteiger partial charge in [-0.2, -0.15) is 4.37 Å². The second kappa shape index (κ2) is 10.3. The summed E-state index contributed by atoms with van der Waals surface area (Å²) < 4.78 is 58.6. The van der Waals surface area contributed by atoms with Crippen molar-refractivity contribution >= 4 is 69.9 Å².